The third-order valence-corrected chi connectivity index (χ3v) is 3.45. The van der Waals surface area contributed by atoms with Gasteiger partial charge in [-0.1, -0.05) is 12.2 Å². The predicted octanol–water partition coefficient (Wildman–Crippen LogP) is -0.0578. The van der Waals surface area contributed by atoms with Crippen molar-refractivity contribution in [1.82, 2.24) is 0 Å². The second kappa shape index (κ2) is 5.92. The molecule has 3 N–H and O–H groups in total. The van der Waals surface area contributed by atoms with E-state index >= 15 is 0 Å². The van der Waals surface area contributed by atoms with E-state index in [0.717, 1.165) is 0 Å². The lowest BCUT2D eigenvalue weighted by molar-refractivity contribution is -0.137. The van der Waals surface area contributed by atoms with Crippen molar-refractivity contribution in [2.75, 3.05) is 11.5 Å². The predicted molar refractivity (Wildman–Crippen MR) is 56.9 cm³/mol. The third-order valence-electron chi connectivity index (χ3n) is 1.51. The Morgan fingerprint density at radius 2 is 1.86 bits per heavy atom. The largest absolute Gasteiger partial charge is 0.481 e. The third kappa shape index (κ3) is 7.93. The Balaban J connectivity index is 3.84. The van der Waals surface area contributed by atoms with Gasteiger partial charge in [-0.15, -0.1) is 0 Å². The molecule has 14 heavy (non-hydrogen) atoms. The van der Waals surface area contributed by atoms with Gasteiger partial charge in [0, 0.05) is 12.8 Å². The van der Waals surface area contributed by atoms with Gasteiger partial charge >= 0.3 is 5.97 Å². The number of thiocarbonyl (C=S) groups is 1. The second-order valence-corrected chi connectivity index (χ2v) is 5.69. The van der Waals surface area contributed by atoms with E-state index in [4.69, 9.17) is 10.8 Å². The molecule has 0 heterocycles. The van der Waals surface area contributed by atoms with E-state index in [1.807, 2.05) is 0 Å². The minimum atomic E-state index is -3.20. The first-order valence-corrected chi connectivity index (χ1v) is 6.27. The first kappa shape index (κ1) is 13.3. The highest BCUT2D eigenvalue weighted by Crippen LogP contribution is 2.00. The van der Waals surface area contributed by atoms with Crippen molar-refractivity contribution in [3.63, 3.8) is 0 Å². The Morgan fingerprint density at radius 3 is 2.29 bits per heavy atom. The number of sulfone groups is 1. The average molecular weight is 239 g/mol. The second-order valence-electron chi connectivity index (χ2n) is 2.87. The van der Waals surface area contributed by atoms with Crippen LogP contribution in [0.3, 0.4) is 0 Å². The van der Waals surface area contributed by atoms with Crippen molar-refractivity contribution in [1.29, 1.82) is 0 Å². The lowest BCUT2D eigenvalue weighted by Gasteiger charge is -2.01. The van der Waals surface area contributed by atoms with Crippen molar-refractivity contribution in [2.24, 2.45) is 5.73 Å². The maximum atomic E-state index is 11.2. The van der Waals surface area contributed by atoms with Crippen LogP contribution in [-0.4, -0.2) is 36.0 Å². The quantitative estimate of drug-likeness (QED) is 0.604. The minimum absolute atomic E-state index is 0.0953. The summed E-state index contributed by atoms with van der Waals surface area (Å²) in [6.07, 6.45) is 0.159. The van der Waals surface area contributed by atoms with Gasteiger partial charge in [-0.05, 0) is 6.42 Å². The summed E-state index contributed by atoms with van der Waals surface area (Å²) in [6.45, 7) is 0. The molecule has 0 rings (SSSR count). The lowest BCUT2D eigenvalue weighted by atomic mass is 10.3. The average Bonchev–Trinajstić information content (AvgIpc) is 2.00. The van der Waals surface area contributed by atoms with Crippen LogP contribution in [0.5, 0.6) is 0 Å². The minimum Gasteiger partial charge on any atom is -0.481 e. The van der Waals surface area contributed by atoms with Gasteiger partial charge in [0.05, 0.1) is 16.5 Å². The monoisotopic (exact) mass is 239 g/mol. The molecule has 0 aliphatic carbocycles. The molecule has 0 amide bonds. The SMILES string of the molecule is NC(=S)CCS(=O)(=O)CCCC(=O)O. The van der Waals surface area contributed by atoms with Gasteiger partial charge < -0.3 is 10.8 Å². The highest BCUT2D eigenvalue weighted by atomic mass is 32.2. The van der Waals surface area contributed by atoms with E-state index in [-0.39, 0.29) is 35.8 Å². The van der Waals surface area contributed by atoms with Gasteiger partial charge in [-0.25, -0.2) is 8.42 Å². The van der Waals surface area contributed by atoms with Crippen LogP contribution >= 0.6 is 12.2 Å². The van der Waals surface area contributed by atoms with Crippen LogP contribution in [-0.2, 0) is 14.6 Å². The summed E-state index contributed by atoms with van der Waals surface area (Å²) in [5.74, 6) is -1.21. The Morgan fingerprint density at radius 1 is 1.29 bits per heavy atom. The van der Waals surface area contributed by atoms with Crippen molar-refractivity contribution in [3.05, 3.63) is 0 Å². The van der Waals surface area contributed by atoms with E-state index in [1.165, 1.54) is 0 Å². The summed E-state index contributed by atoms with van der Waals surface area (Å²) in [4.78, 5) is 10.3. The number of hydrogen-bond acceptors (Lipinski definition) is 4. The molecule has 0 spiro atoms. The zero-order valence-corrected chi connectivity index (χ0v) is 9.23. The zero-order valence-electron chi connectivity index (χ0n) is 7.60. The fraction of sp³-hybridized carbons (Fsp3) is 0.714. The molecule has 0 aromatic carbocycles. The fourth-order valence-corrected chi connectivity index (χ4v) is 2.35. The summed E-state index contributed by atoms with van der Waals surface area (Å²) in [7, 11) is -3.20. The zero-order chi connectivity index (χ0) is 11.2. The molecular formula is C7H13NO4S2. The molecule has 0 aliphatic rings. The number of carboxylic acid groups (broad SMARTS) is 1. The highest BCUT2D eigenvalue weighted by molar-refractivity contribution is 7.91. The van der Waals surface area contributed by atoms with Crippen LogP contribution in [0.15, 0.2) is 0 Å². The van der Waals surface area contributed by atoms with E-state index in [9.17, 15) is 13.2 Å². The molecule has 0 aromatic heterocycles. The van der Waals surface area contributed by atoms with Gasteiger partial charge in [0.15, 0.2) is 9.84 Å². The van der Waals surface area contributed by atoms with Crippen LogP contribution in [0.4, 0.5) is 0 Å². The molecule has 0 bridgehead atoms. The van der Waals surface area contributed by atoms with E-state index in [0.29, 0.717) is 0 Å². The van der Waals surface area contributed by atoms with E-state index in [1.54, 1.807) is 0 Å². The fourth-order valence-electron chi connectivity index (χ4n) is 0.801. The molecule has 0 saturated carbocycles. The summed E-state index contributed by atoms with van der Waals surface area (Å²) >= 11 is 4.54. The van der Waals surface area contributed by atoms with Crippen molar-refractivity contribution in [3.8, 4) is 0 Å². The Labute approximate surface area is 88.2 Å². The molecule has 0 unspecified atom stereocenters. The molecule has 0 aromatic rings. The Kier molecular flexibility index (Phi) is 5.63. The van der Waals surface area contributed by atoms with Crippen molar-refractivity contribution >= 4 is 33.0 Å². The number of rotatable bonds is 7. The molecule has 0 radical (unpaired) electrons. The van der Waals surface area contributed by atoms with E-state index in [2.05, 4.69) is 12.2 Å². The van der Waals surface area contributed by atoms with Crippen LogP contribution in [0.2, 0.25) is 0 Å². The van der Waals surface area contributed by atoms with Gasteiger partial charge in [0.1, 0.15) is 0 Å². The smallest absolute Gasteiger partial charge is 0.303 e. The van der Waals surface area contributed by atoms with Crippen molar-refractivity contribution in [2.45, 2.75) is 19.3 Å². The molecule has 0 saturated heterocycles. The first-order valence-electron chi connectivity index (χ1n) is 4.04. The van der Waals surface area contributed by atoms with Crippen molar-refractivity contribution < 1.29 is 18.3 Å². The molecule has 0 fully saturated rings. The Bertz CT molecular complexity index is 310. The maximum absolute atomic E-state index is 11.2. The van der Waals surface area contributed by atoms with Gasteiger partial charge in [-0.2, -0.15) is 0 Å². The number of aliphatic carboxylic acids is 1. The molecule has 0 aliphatic heterocycles. The maximum Gasteiger partial charge on any atom is 0.303 e. The van der Waals surface area contributed by atoms with Crippen LogP contribution in [0, 0.1) is 0 Å². The number of carboxylic acids is 1. The van der Waals surface area contributed by atoms with E-state index < -0.39 is 15.8 Å². The molecule has 5 nitrogen and oxygen atoms in total. The van der Waals surface area contributed by atoms with Gasteiger partial charge in [-0.3, -0.25) is 4.79 Å². The normalized spacial score (nSPS) is 11.1. The topological polar surface area (TPSA) is 97.5 Å². The first-order chi connectivity index (χ1) is 6.33. The summed E-state index contributed by atoms with van der Waals surface area (Å²) in [5, 5.41) is 8.29. The van der Waals surface area contributed by atoms with Gasteiger partial charge in [0.25, 0.3) is 0 Å². The summed E-state index contributed by atoms with van der Waals surface area (Å²) in [6, 6.07) is 0. The molecule has 0 atom stereocenters. The molecule has 82 valence electrons. The van der Waals surface area contributed by atoms with Crippen LogP contribution in [0.1, 0.15) is 19.3 Å². The molecule has 7 heteroatoms. The molecular weight excluding hydrogens is 226 g/mol. The summed E-state index contributed by atoms with van der Waals surface area (Å²) in [5.41, 5.74) is 5.15. The summed E-state index contributed by atoms with van der Waals surface area (Å²) < 4.78 is 22.4. The van der Waals surface area contributed by atoms with Crippen LogP contribution < -0.4 is 5.73 Å². The standard InChI is InChI=1S/C7H13NO4S2/c8-6(13)3-5-14(11,12)4-1-2-7(9)10/h1-5H2,(H2,8,13)(H,9,10). The number of nitrogens with two attached hydrogens (primary N) is 1. The lowest BCUT2D eigenvalue weighted by Crippen LogP contribution is -2.18. The van der Waals surface area contributed by atoms with Crippen LogP contribution in [0.25, 0.3) is 0 Å². The number of carbonyl (C=O) groups is 1. The number of hydrogen-bond donors (Lipinski definition) is 2. The Hall–Kier alpha value is -0.690. The van der Waals surface area contributed by atoms with Gasteiger partial charge in [0.2, 0.25) is 0 Å². The highest BCUT2D eigenvalue weighted by Gasteiger charge is 2.11.